The molecule has 1 aromatic carbocycles. The third-order valence-electron chi connectivity index (χ3n) is 6.25. The maximum Gasteiger partial charge on any atom is 0.260 e. The van der Waals surface area contributed by atoms with Gasteiger partial charge in [0, 0.05) is 44.6 Å². The molecule has 1 saturated heterocycles. The van der Waals surface area contributed by atoms with Crippen LogP contribution in [0, 0.1) is 11.3 Å². The molecular weight excluding hydrogens is 376 g/mol. The Morgan fingerprint density at radius 3 is 2.60 bits per heavy atom. The summed E-state index contributed by atoms with van der Waals surface area (Å²) in [4.78, 5) is 26.1. The first-order valence-electron chi connectivity index (χ1n) is 10.5. The Balaban J connectivity index is 1.37. The average Bonchev–Trinajstić information content (AvgIpc) is 2.80. The van der Waals surface area contributed by atoms with Crippen molar-refractivity contribution in [3.05, 3.63) is 57.8 Å². The highest BCUT2D eigenvalue weighted by Gasteiger charge is 2.23. The molecule has 3 heterocycles. The quantitative estimate of drug-likeness (QED) is 0.657. The van der Waals surface area contributed by atoms with Gasteiger partial charge in [0.25, 0.3) is 5.56 Å². The molecule has 0 amide bonds. The molecule has 2 aromatic heterocycles. The van der Waals surface area contributed by atoms with Crippen molar-refractivity contribution in [2.24, 2.45) is 7.05 Å². The van der Waals surface area contributed by atoms with Gasteiger partial charge in [0.15, 0.2) is 0 Å². The summed E-state index contributed by atoms with van der Waals surface area (Å²) in [6.07, 6.45) is 5.97. The highest BCUT2D eigenvalue weighted by molar-refractivity contribution is 5.81. The summed E-state index contributed by atoms with van der Waals surface area (Å²) in [5.74, 6) is 0.835. The Bertz CT molecular complexity index is 1220. The van der Waals surface area contributed by atoms with Crippen molar-refractivity contribution in [1.82, 2.24) is 14.5 Å². The minimum Gasteiger partial charge on any atom is -0.368 e. The maximum absolute atomic E-state index is 12.2. The fourth-order valence-corrected chi connectivity index (χ4v) is 4.52. The van der Waals surface area contributed by atoms with Crippen molar-refractivity contribution >= 4 is 22.4 Å². The zero-order valence-electron chi connectivity index (χ0n) is 17.1. The van der Waals surface area contributed by atoms with E-state index in [4.69, 9.17) is 4.98 Å². The molecule has 1 aliphatic heterocycles. The van der Waals surface area contributed by atoms with Gasteiger partial charge in [-0.1, -0.05) is 0 Å². The fraction of sp³-hybridized carbons (Fsp3) is 0.391. The number of nitriles is 1. The molecule has 5 rings (SSSR count). The van der Waals surface area contributed by atoms with Crippen LogP contribution >= 0.6 is 0 Å². The largest absolute Gasteiger partial charge is 0.368 e. The molecule has 152 valence electrons. The van der Waals surface area contributed by atoms with Gasteiger partial charge in [-0.05, 0) is 55.5 Å². The summed E-state index contributed by atoms with van der Waals surface area (Å²) in [5, 5.41) is 10.3. The molecule has 0 N–H and O–H groups in total. The Hall–Kier alpha value is -3.40. The molecule has 2 aliphatic rings. The van der Waals surface area contributed by atoms with E-state index in [-0.39, 0.29) is 5.56 Å². The minimum atomic E-state index is -0.0288. The summed E-state index contributed by atoms with van der Waals surface area (Å²) >= 11 is 0. The molecular formula is C23H24N6O. The van der Waals surface area contributed by atoms with Gasteiger partial charge < -0.3 is 14.4 Å². The summed E-state index contributed by atoms with van der Waals surface area (Å²) in [5.41, 5.74) is 4.87. The number of pyridine rings is 1. The van der Waals surface area contributed by atoms with E-state index in [0.717, 1.165) is 56.0 Å². The van der Waals surface area contributed by atoms with Crippen LogP contribution in [0.5, 0.6) is 0 Å². The number of rotatable bonds is 2. The van der Waals surface area contributed by atoms with Crippen LogP contribution in [0.3, 0.4) is 0 Å². The number of hydrogen-bond acceptors (Lipinski definition) is 6. The zero-order valence-corrected chi connectivity index (χ0v) is 17.1. The van der Waals surface area contributed by atoms with Crippen molar-refractivity contribution < 1.29 is 0 Å². The maximum atomic E-state index is 12.2. The highest BCUT2D eigenvalue weighted by atomic mass is 16.1. The first-order chi connectivity index (χ1) is 14.6. The molecule has 30 heavy (non-hydrogen) atoms. The second kappa shape index (κ2) is 7.45. The monoisotopic (exact) mass is 400 g/mol. The van der Waals surface area contributed by atoms with Gasteiger partial charge >= 0.3 is 0 Å². The molecule has 0 saturated carbocycles. The Morgan fingerprint density at radius 2 is 1.80 bits per heavy atom. The van der Waals surface area contributed by atoms with Crippen molar-refractivity contribution in [3.63, 3.8) is 0 Å². The Morgan fingerprint density at radius 1 is 1.03 bits per heavy atom. The fourth-order valence-electron chi connectivity index (χ4n) is 4.52. The van der Waals surface area contributed by atoms with Crippen molar-refractivity contribution in [1.29, 1.82) is 5.26 Å². The van der Waals surface area contributed by atoms with E-state index in [1.54, 1.807) is 13.4 Å². The van der Waals surface area contributed by atoms with Crippen LogP contribution in [0.15, 0.2) is 35.4 Å². The summed E-state index contributed by atoms with van der Waals surface area (Å²) in [6.45, 7) is 3.28. The van der Waals surface area contributed by atoms with Crippen LogP contribution in [0.2, 0.25) is 0 Å². The van der Waals surface area contributed by atoms with Crippen LogP contribution in [0.4, 0.5) is 11.5 Å². The summed E-state index contributed by atoms with van der Waals surface area (Å²) < 4.78 is 1.50. The first-order valence-corrected chi connectivity index (χ1v) is 10.5. The van der Waals surface area contributed by atoms with E-state index in [1.165, 1.54) is 28.7 Å². The Labute approximate surface area is 175 Å². The third-order valence-corrected chi connectivity index (χ3v) is 6.25. The number of aryl methyl sites for hydroxylation is 3. The lowest BCUT2D eigenvalue weighted by atomic mass is 9.95. The number of piperazine rings is 1. The number of hydrogen-bond donors (Lipinski definition) is 0. The second-order valence-electron chi connectivity index (χ2n) is 8.12. The predicted octanol–water partition coefficient (Wildman–Crippen LogP) is 2.41. The molecule has 3 aromatic rings. The number of benzene rings is 1. The normalized spacial score (nSPS) is 16.4. The molecule has 1 aliphatic carbocycles. The van der Waals surface area contributed by atoms with Crippen molar-refractivity contribution in [3.8, 4) is 6.07 Å². The topological polar surface area (TPSA) is 78.1 Å². The standard InChI is InChI=1S/C23H24N6O/c1-27-15-25-21-13-18(6-7-19(21)23(27)30)28-8-10-29(11-9-28)22-17(14-24)12-16-4-2-3-5-20(16)26-22/h6-7,12-13,15H,2-5,8-11H2,1H3. The number of fused-ring (bicyclic) bond motifs is 2. The van der Waals surface area contributed by atoms with E-state index in [9.17, 15) is 10.1 Å². The molecule has 0 radical (unpaired) electrons. The van der Waals surface area contributed by atoms with Gasteiger partial charge in [-0.25, -0.2) is 9.97 Å². The Kier molecular flexibility index (Phi) is 4.62. The van der Waals surface area contributed by atoms with Crippen molar-refractivity contribution in [2.45, 2.75) is 25.7 Å². The second-order valence-corrected chi connectivity index (χ2v) is 8.12. The van der Waals surface area contributed by atoms with Crippen LogP contribution in [-0.4, -0.2) is 40.7 Å². The van der Waals surface area contributed by atoms with Gasteiger partial charge in [0.1, 0.15) is 11.9 Å². The number of aromatic nitrogens is 3. The highest BCUT2D eigenvalue weighted by Crippen LogP contribution is 2.28. The summed E-state index contributed by atoms with van der Waals surface area (Å²) in [6, 6.07) is 10.3. The predicted molar refractivity (Wildman–Crippen MR) is 117 cm³/mol. The van der Waals surface area contributed by atoms with E-state index in [0.29, 0.717) is 10.9 Å². The molecule has 0 spiro atoms. The van der Waals surface area contributed by atoms with Gasteiger partial charge in [-0.2, -0.15) is 5.26 Å². The van der Waals surface area contributed by atoms with Gasteiger partial charge in [-0.3, -0.25) is 4.79 Å². The lowest BCUT2D eigenvalue weighted by Crippen LogP contribution is -2.47. The first kappa shape index (κ1) is 18.6. The van der Waals surface area contributed by atoms with Crippen LogP contribution in [0.1, 0.15) is 29.7 Å². The van der Waals surface area contributed by atoms with E-state index < -0.39 is 0 Å². The van der Waals surface area contributed by atoms with Crippen LogP contribution in [-0.2, 0) is 19.9 Å². The van der Waals surface area contributed by atoms with Crippen molar-refractivity contribution in [2.75, 3.05) is 36.0 Å². The van der Waals surface area contributed by atoms with E-state index in [2.05, 4.69) is 26.9 Å². The average molecular weight is 400 g/mol. The lowest BCUT2D eigenvalue weighted by molar-refractivity contribution is 0.634. The number of anilines is 2. The molecule has 0 atom stereocenters. The lowest BCUT2D eigenvalue weighted by Gasteiger charge is -2.37. The van der Waals surface area contributed by atoms with Crippen LogP contribution < -0.4 is 15.4 Å². The summed E-state index contributed by atoms with van der Waals surface area (Å²) in [7, 11) is 1.71. The zero-order chi connectivity index (χ0) is 20.7. The minimum absolute atomic E-state index is 0.0288. The van der Waals surface area contributed by atoms with E-state index >= 15 is 0 Å². The number of nitrogens with zero attached hydrogens (tertiary/aromatic N) is 6. The van der Waals surface area contributed by atoms with Crippen LogP contribution in [0.25, 0.3) is 10.9 Å². The van der Waals surface area contributed by atoms with Gasteiger partial charge in [-0.15, -0.1) is 0 Å². The molecule has 7 heteroatoms. The molecule has 0 bridgehead atoms. The smallest absolute Gasteiger partial charge is 0.260 e. The molecule has 7 nitrogen and oxygen atoms in total. The van der Waals surface area contributed by atoms with E-state index in [1.807, 2.05) is 18.2 Å². The molecule has 0 unspecified atom stereocenters. The third kappa shape index (κ3) is 3.18. The molecule has 1 fully saturated rings. The SMILES string of the molecule is Cn1cnc2cc(N3CCN(c4nc5c(cc4C#N)CCCC5)CC3)ccc2c1=O. The van der Waals surface area contributed by atoms with Gasteiger partial charge in [0.05, 0.1) is 22.8 Å². The van der Waals surface area contributed by atoms with Gasteiger partial charge in [0.2, 0.25) is 0 Å².